The van der Waals surface area contributed by atoms with Crippen molar-refractivity contribution < 1.29 is 19.4 Å². The molecule has 0 aliphatic heterocycles. The van der Waals surface area contributed by atoms with Crippen LogP contribution in [0.4, 0.5) is 10.5 Å². The quantitative estimate of drug-likeness (QED) is 0.838. The van der Waals surface area contributed by atoms with Crippen LogP contribution < -0.4 is 10.1 Å². The van der Waals surface area contributed by atoms with Crippen LogP contribution in [0.5, 0.6) is 5.75 Å². The van der Waals surface area contributed by atoms with Gasteiger partial charge < -0.3 is 20.1 Å². The van der Waals surface area contributed by atoms with Gasteiger partial charge in [-0.25, -0.2) is 4.79 Å². The third-order valence-corrected chi connectivity index (χ3v) is 2.79. The number of carbonyl (C=O) groups is 2. The molecule has 0 saturated carbocycles. The summed E-state index contributed by atoms with van der Waals surface area (Å²) in [6.07, 6.45) is -0.0752. The molecular formula is C14H20N2O4. The fourth-order valence-corrected chi connectivity index (χ4v) is 1.68. The zero-order chi connectivity index (χ0) is 15.1. The number of ether oxygens (including phenoxy) is 1. The van der Waals surface area contributed by atoms with E-state index in [9.17, 15) is 9.59 Å². The van der Waals surface area contributed by atoms with E-state index in [1.54, 1.807) is 31.4 Å². The second kappa shape index (κ2) is 7.37. The monoisotopic (exact) mass is 280 g/mol. The van der Waals surface area contributed by atoms with E-state index in [1.165, 1.54) is 4.90 Å². The van der Waals surface area contributed by atoms with Crippen LogP contribution in [0.2, 0.25) is 0 Å². The van der Waals surface area contributed by atoms with Crippen molar-refractivity contribution in [3.05, 3.63) is 24.3 Å². The predicted molar refractivity (Wildman–Crippen MR) is 76.1 cm³/mol. The molecule has 0 radical (unpaired) electrons. The van der Waals surface area contributed by atoms with E-state index < -0.39 is 5.97 Å². The first-order valence-corrected chi connectivity index (χ1v) is 6.37. The van der Waals surface area contributed by atoms with Gasteiger partial charge in [0.05, 0.1) is 13.5 Å². The summed E-state index contributed by atoms with van der Waals surface area (Å²) in [5.74, 6) is -0.220. The van der Waals surface area contributed by atoms with Gasteiger partial charge in [0.1, 0.15) is 5.75 Å². The highest BCUT2D eigenvalue weighted by Gasteiger charge is 2.17. The summed E-state index contributed by atoms with van der Waals surface area (Å²) in [6, 6.07) is 6.55. The number of hydrogen-bond donors (Lipinski definition) is 2. The lowest BCUT2D eigenvalue weighted by atomic mass is 10.3. The average molecular weight is 280 g/mol. The largest absolute Gasteiger partial charge is 0.497 e. The Labute approximate surface area is 118 Å². The third-order valence-electron chi connectivity index (χ3n) is 2.79. The fourth-order valence-electron chi connectivity index (χ4n) is 1.68. The second-order valence-corrected chi connectivity index (χ2v) is 4.59. The van der Waals surface area contributed by atoms with Crippen LogP contribution in [0.15, 0.2) is 24.3 Å². The summed E-state index contributed by atoms with van der Waals surface area (Å²) in [7, 11) is 1.57. The summed E-state index contributed by atoms with van der Waals surface area (Å²) in [6.45, 7) is 3.86. The van der Waals surface area contributed by atoms with Crippen LogP contribution in [0, 0.1) is 0 Å². The standard InChI is InChI=1S/C14H20N2O4/c1-10(2)16(9-8-13(17)18)14(19)15-11-4-6-12(20-3)7-5-11/h4-7,10H,8-9H2,1-3H3,(H,15,19)(H,17,18). The molecule has 110 valence electrons. The summed E-state index contributed by atoms with van der Waals surface area (Å²) in [5, 5.41) is 11.4. The molecule has 2 N–H and O–H groups in total. The number of amides is 2. The van der Waals surface area contributed by atoms with Crippen LogP contribution in [0.25, 0.3) is 0 Å². The Balaban J connectivity index is 2.66. The van der Waals surface area contributed by atoms with Gasteiger partial charge in [0.2, 0.25) is 0 Å². The number of carbonyl (C=O) groups excluding carboxylic acids is 1. The van der Waals surface area contributed by atoms with Gasteiger partial charge in [0.15, 0.2) is 0 Å². The number of benzene rings is 1. The molecule has 0 atom stereocenters. The molecule has 0 aromatic heterocycles. The van der Waals surface area contributed by atoms with Crippen molar-refractivity contribution in [2.75, 3.05) is 19.0 Å². The normalized spacial score (nSPS) is 10.2. The van der Waals surface area contributed by atoms with Crippen molar-refractivity contribution in [3.8, 4) is 5.75 Å². The van der Waals surface area contributed by atoms with Gasteiger partial charge in [-0.1, -0.05) is 0 Å². The van der Waals surface area contributed by atoms with Crippen LogP contribution >= 0.6 is 0 Å². The van der Waals surface area contributed by atoms with Crippen molar-refractivity contribution in [1.82, 2.24) is 4.90 Å². The minimum absolute atomic E-state index is 0.0752. The number of anilines is 1. The average Bonchev–Trinajstić information content (AvgIpc) is 2.39. The Hall–Kier alpha value is -2.24. The Morgan fingerprint density at radius 2 is 1.90 bits per heavy atom. The predicted octanol–water partition coefficient (Wildman–Crippen LogP) is 2.41. The van der Waals surface area contributed by atoms with Crippen molar-refractivity contribution in [3.63, 3.8) is 0 Å². The summed E-state index contributed by atoms with van der Waals surface area (Å²) < 4.78 is 5.04. The molecule has 6 heteroatoms. The number of methoxy groups -OCH3 is 1. The lowest BCUT2D eigenvalue weighted by Crippen LogP contribution is -2.41. The van der Waals surface area contributed by atoms with E-state index in [4.69, 9.17) is 9.84 Å². The molecule has 1 aromatic rings. The maximum atomic E-state index is 12.1. The molecule has 0 spiro atoms. The van der Waals surface area contributed by atoms with E-state index in [2.05, 4.69) is 5.32 Å². The number of carboxylic acids is 1. The highest BCUT2D eigenvalue weighted by molar-refractivity contribution is 5.89. The van der Waals surface area contributed by atoms with Gasteiger partial charge in [-0.2, -0.15) is 0 Å². The second-order valence-electron chi connectivity index (χ2n) is 4.59. The Kier molecular flexibility index (Phi) is 5.83. The lowest BCUT2D eigenvalue weighted by Gasteiger charge is -2.26. The van der Waals surface area contributed by atoms with E-state index in [0.717, 1.165) is 0 Å². The van der Waals surface area contributed by atoms with E-state index in [1.807, 2.05) is 13.8 Å². The van der Waals surface area contributed by atoms with E-state index in [-0.39, 0.29) is 25.0 Å². The number of nitrogens with zero attached hydrogens (tertiary/aromatic N) is 1. The van der Waals surface area contributed by atoms with Crippen molar-refractivity contribution in [1.29, 1.82) is 0 Å². The molecule has 0 aliphatic carbocycles. The smallest absolute Gasteiger partial charge is 0.322 e. The van der Waals surface area contributed by atoms with Crippen LogP contribution in [-0.4, -0.2) is 41.7 Å². The number of nitrogens with one attached hydrogen (secondary N) is 1. The van der Waals surface area contributed by atoms with E-state index in [0.29, 0.717) is 11.4 Å². The molecule has 6 nitrogen and oxygen atoms in total. The highest BCUT2D eigenvalue weighted by atomic mass is 16.5. The topological polar surface area (TPSA) is 78.9 Å². The number of aliphatic carboxylic acids is 1. The van der Waals surface area contributed by atoms with Gasteiger partial charge >= 0.3 is 12.0 Å². The van der Waals surface area contributed by atoms with Crippen LogP contribution in [-0.2, 0) is 4.79 Å². The molecule has 0 unspecified atom stereocenters. The molecule has 0 bridgehead atoms. The minimum atomic E-state index is -0.923. The number of hydrogen-bond acceptors (Lipinski definition) is 3. The lowest BCUT2D eigenvalue weighted by molar-refractivity contribution is -0.137. The Bertz CT molecular complexity index is 457. The van der Waals surface area contributed by atoms with Gasteiger partial charge in [0, 0.05) is 18.3 Å². The van der Waals surface area contributed by atoms with Crippen molar-refractivity contribution in [2.24, 2.45) is 0 Å². The van der Waals surface area contributed by atoms with Gasteiger partial charge in [-0.05, 0) is 38.1 Å². The molecule has 1 aromatic carbocycles. The minimum Gasteiger partial charge on any atom is -0.497 e. The Morgan fingerprint density at radius 3 is 2.35 bits per heavy atom. The third kappa shape index (κ3) is 4.79. The summed E-state index contributed by atoms with van der Waals surface area (Å²) >= 11 is 0. The summed E-state index contributed by atoms with van der Waals surface area (Å²) in [5.41, 5.74) is 0.636. The fraction of sp³-hybridized carbons (Fsp3) is 0.429. The maximum Gasteiger partial charge on any atom is 0.322 e. The number of rotatable bonds is 6. The number of carboxylic acid groups (broad SMARTS) is 1. The molecule has 2 amide bonds. The molecule has 0 aliphatic rings. The summed E-state index contributed by atoms with van der Waals surface area (Å²) in [4.78, 5) is 24.2. The van der Waals surface area contributed by atoms with E-state index >= 15 is 0 Å². The zero-order valence-electron chi connectivity index (χ0n) is 11.9. The molecule has 1 rings (SSSR count). The first-order chi connectivity index (χ1) is 9.43. The van der Waals surface area contributed by atoms with Gasteiger partial charge in [-0.3, -0.25) is 4.79 Å². The van der Waals surface area contributed by atoms with Gasteiger partial charge in [-0.15, -0.1) is 0 Å². The highest BCUT2D eigenvalue weighted by Crippen LogP contribution is 2.16. The molecule has 0 saturated heterocycles. The van der Waals surface area contributed by atoms with Crippen LogP contribution in [0.1, 0.15) is 20.3 Å². The maximum absolute atomic E-state index is 12.1. The Morgan fingerprint density at radius 1 is 1.30 bits per heavy atom. The van der Waals surface area contributed by atoms with Crippen LogP contribution in [0.3, 0.4) is 0 Å². The first-order valence-electron chi connectivity index (χ1n) is 6.37. The number of urea groups is 1. The van der Waals surface area contributed by atoms with Gasteiger partial charge in [0.25, 0.3) is 0 Å². The van der Waals surface area contributed by atoms with Crippen molar-refractivity contribution in [2.45, 2.75) is 26.3 Å². The first kappa shape index (κ1) is 15.8. The molecule has 0 fully saturated rings. The molecule has 0 heterocycles. The van der Waals surface area contributed by atoms with Crippen molar-refractivity contribution >= 4 is 17.7 Å². The molecular weight excluding hydrogens is 260 g/mol. The zero-order valence-corrected chi connectivity index (χ0v) is 11.9. The SMILES string of the molecule is COc1ccc(NC(=O)N(CCC(=O)O)C(C)C)cc1. The molecule has 20 heavy (non-hydrogen) atoms.